The number of fused-ring (bicyclic) bond motifs is 2. The minimum Gasteiger partial charge on any atom is -0.454 e. The van der Waals surface area contributed by atoms with Crippen molar-refractivity contribution in [1.29, 1.82) is 0 Å². The predicted molar refractivity (Wildman–Crippen MR) is 115 cm³/mol. The Morgan fingerprint density at radius 2 is 1.94 bits per heavy atom. The Hall–Kier alpha value is -3.61. The number of amides is 1. The molecule has 1 aliphatic heterocycles. The van der Waals surface area contributed by atoms with Crippen molar-refractivity contribution in [1.82, 2.24) is 10.3 Å². The highest BCUT2D eigenvalue weighted by Gasteiger charge is 2.23. The highest BCUT2D eigenvalue weighted by molar-refractivity contribution is 6.05. The second kappa shape index (κ2) is 8.63. The van der Waals surface area contributed by atoms with Gasteiger partial charge in [-0.3, -0.25) is 9.78 Å². The summed E-state index contributed by atoms with van der Waals surface area (Å²) in [4.78, 5) is 30.2. The topological polar surface area (TPSA) is 86.8 Å². The van der Waals surface area contributed by atoms with Crippen molar-refractivity contribution in [3.8, 4) is 11.5 Å². The van der Waals surface area contributed by atoms with E-state index in [1.54, 1.807) is 13.0 Å². The average Bonchev–Trinajstić information content (AvgIpc) is 3.24. The van der Waals surface area contributed by atoms with Gasteiger partial charge in [0.05, 0.1) is 11.1 Å². The molecule has 0 radical (unpaired) electrons. The molecule has 0 bridgehead atoms. The number of ether oxygens (including phenoxy) is 3. The SMILES string of the molecule is CCc1nc2ccccc2c(C(=O)OC(C)C(=O)NCc2ccc3c(c2)OCO3)c1C. The quantitative estimate of drug-likeness (QED) is 0.612. The van der Waals surface area contributed by atoms with Gasteiger partial charge in [-0.15, -0.1) is 0 Å². The molecule has 0 aliphatic carbocycles. The van der Waals surface area contributed by atoms with Crippen LogP contribution in [-0.4, -0.2) is 29.8 Å². The maximum atomic E-state index is 13.0. The van der Waals surface area contributed by atoms with Crippen molar-refractivity contribution < 1.29 is 23.8 Å². The first-order chi connectivity index (χ1) is 15.0. The summed E-state index contributed by atoms with van der Waals surface area (Å²) in [6, 6.07) is 12.9. The monoisotopic (exact) mass is 420 g/mol. The van der Waals surface area contributed by atoms with Crippen LogP contribution < -0.4 is 14.8 Å². The second-order valence-corrected chi connectivity index (χ2v) is 7.38. The molecule has 160 valence electrons. The van der Waals surface area contributed by atoms with Crippen molar-refractivity contribution in [3.05, 3.63) is 64.8 Å². The van der Waals surface area contributed by atoms with Crippen molar-refractivity contribution >= 4 is 22.8 Å². The van der Waals surface area contributed by atoms with E-state index >= 15 is 0 Å². The lowest BCUT2D eigenvalue weighted by molar-refractivity contribution is -0.129. The third-order valence-corrected chi connectivity index (χ3v) is 5.33. The Kier molecular flexibility index (Phi) is 5.75. The van der Waals surface area contributed by atoms with Crippen molar-refractivity contribution in [2.45, 2.75) is 39.8 Å². The maximum Gasteiger partial charge on any atom is 0.339 e. The molecule has 2 heterocycles. The molecule has 1 amide bonds. The fourth-order valence-corrected chi connectivity index (χ4v) is 3.62. The molecule has 4 rings (SSSR count). The Morgan fingerprint density at radius 3 is 2.74 bits per heavy atom. The van der Waals surface area contributed by atoms with E-state index in [9.17, 15) is 9.59 Å². The molecule has 1 N–H and O–H groups in total. The Bertz CT molecular complexity index is 1160. The van der Waals surface area contributed by atoms with E-state index in [0.717, 1.165) is 27.7 Å². The molecule has 1 atom stereocenters. The Morgan fingerprint density at radius 1 is 1.16 bits per heavy atom. The Balaban J connectivity index is 1.46. The number of pyridine rings is 1. The second-order valence-electron chi connectivity index (χ2n) is 7.38. The summed E-state index contributed by atoms with van der Waals surface area (Å²) >= 11 is 0. The molecule has 1 aromatic heterocycles. The van der Waals surface area contributed by atoms with E-state index < -0.39 is 12.1 Å². The smallest absolute Gasteiger partial charge is 0.339 e. The van der Waals surface area contributed by atoms with Crippen LogP contribution in [0.4, 0.5) is 0 Å². The molecular weight excluding hydrogens is 396 g/mol. The summed E-state index contributed by atoms with van der Waals surface area (Å²) in [7, 11) is 0. The standard InChI is InChI=1S/C24H24N2O5/c1-4-18-14(2)22(17-7-5-6-8-19(17)26-18)24(28)31-15(3)23(27)25-12-16-9-10-20-21(11-16)30-13-29-20/h5-11,15H,4,12-13H2,1-3H3,(H,25,27). The van der Waals surface area contributed by atoms with Crippen molar-refractivity contribution in [2.75, 3.05) is 6.79 Å². The van der Waals surface area contributed by atoms with Crippen LogP contribution in [0.2, 0.25) is 0 Å². The maximum absolute atomic E-state index is 13.0. The molecule has 31 heavy (non-hydrogen) atoms. The Labute approximate surface area is 180 Å². The van der Waals surface area contributed by atoms with E-state index in [1.165, 1.54) is 0 Å². The molecule has 3 aromatic rings. The normalized spacial score (nSPS) is 13.1. The van der Waals surface area contributed by atoms with Crippen molar-refractivity contribution in [3.63, 3.8) is 0 Å². The van der Waals surface area contributed by atoms with Gasteiger partial charge < -0.3 is 19.5 Å². The number of nitrogens with one attached hydrogen (secondary N) is 1. The number of carbonyl (C=O) groups excluding carboxylic acids is 2. The molecule has 7 nitrogen and oxygen atoms in total. The van der Waals surface area contributed by atoms with Gasteiger partial charge in [0.2, 0.25) is 6.79 Å². The molecule has 1 aliphatic rings. The molecule has 2 aromatic carbocycles. The lowest BCUT2D eigenvalue weighted by Gasteiger charge is -2.17. The van der Waals surface area contributed by atoms with Crippen LogP contribution in [0.25, 0.3) is 10.9 Å². The first kappa shape index (κ1) is 20.7. The number of carbonyl (C=O) groups is 2. The van der Waals surface area contributed by atoms with Crippen LogP contribution in [0, 0.1) is 6.92 Å². The third-order valence-electron chi connectivity index (χ3n) is 5.33. The zero-order valence-corrected chi connectivity index (χ0v) is 17.7. The first-order valence-corrected chi connectivity index (χ1v) is 10.2. The van der Waals surface area contributed by atoms with Gasteiger partial charge in [-0.2, -0.15) is 0 Å². The summed E-state index contributed by atoms with van der Waals surface area (Å²) in [5.74, 6) is 0.427. The number of esters is 1. The lowest BCUT2D eigenvalue weighted by Crippen LogP contribution is -2.35. The number of para-hydroxylation sites is 1. The summed E-state index contributed by atoms with van der Waals surface area (Å²) < 4.78 is 16.2. The van der Waals surface area contributed by atoms with E-state index in [0.29, 0.717) is 23.5 Å². The average molecular weight is 420 g/mol. The largest absolute Gasteiger partial charge is 0.454 e. The molecule has 0 fully saturated rings. The fourth-order valence-electron chi connectivity index (χ4n) is 3.62. The summed E-state index contributed by atoms with van der Waals surface area (Å²) in [6.07, 6.45) is -0.249. The number of rotatable bonds is 6. The zero-order valence-electron chi connectivity index (χ0n) is 17.7. The highest BCUT2D eigenvalue weighted by Crippen LogP contribution is 2.32. The van der Waals surface area contributed by atoms with Crippen LogP contribution in [-0.2, 0) is 22.5 Å². The van der Waals surface area contributed by atoms with Crippen LogP contribution >= 0.6 is 0 Å². The predicted octanol–water partition coefficient (Wildman–Crippen LogP) is 3.70. The number of aromatic nitrogens is 1. The van der Waals surface area contributed by atoms with E-state index in [4.69, 9.17) is 14.2 Å². The van der Waals surface area contributed by atoms with Crippen molar-refractivity contribution in [2.24, 2.45) is 0 Å². The zero-order chi connectivity index (χ0) is 22.0. The number of aryl methyl sites for hydroxylation is 1. The number of benzene rings is 2. The van der Waals surface area contributed by atoms with Crippen LogP contribution in [0.3, 0.4) is 0 Å². The van der Waals surface area contributed by atoms with Crippen LogP contribution in [0.1, 0.15) is 41.0 Å². The summed E-state index contributed by atoms with van der Waals surface area (Å²) in [5.41, 5.74) is 3.67. The molecule has 0 saturated carbocycles. The number of hydrogen-bond donors (Lipinski definition) is 1. The molecule has 0 saturated heterocycles. The van der Waals surface area contributed by atoms with Gasteiger partial charge in [0, 0.05) is 17.6 Å². The van der Waals surface area contributed by atoms with Gasteiger partial charge in [-0.1, -0.05) is 31.2 Å². The minimum absolute atomic E-state index is 0.195. The van der Waals surface area contributed by atoms with Crippen LogP contribution in [0.15, 0.2) is 42.5 Å². The third kappa shape index (κ3) is 4.17. The molecule has 7 heteroatoms. The summed E-state index contributed by atoms with van der Waals surface area (Å²) in [6.45, 7) is 5.90. The molecule has 0 spiro atoms. The number of hydrogen-bond acceptors (Lipinski definition) is 6. The van der Waals surface area contributed by atoms with Gasteiger partial charge in [0.15, 0.2) is 17.6 Å². The molecular formula is C24H24N2O5. The van der Waals surface area contributed by atoms with Crippen LogP contribution in [0.5, 0.6) is 11.5 Å². The molecule has 1 unspecified atom stereocenters. The fraction of sp³-hybridized carbons (Fsp3) is 0.292. The summed E-state index contributed by atoms with van der Waals surface area (Å²) in [5, 5.41) is 3.51. The minimum atomic E-state index is -0.946. The lowest BCUT2D eigenvalue weighted by atomic mass is 10.0. The highest BCUT2D eigenvalue weighted by atomic mass is 16.7. The van der Waals surface area contributed by atoms with Gasteiger partial charge in [-0.25, -0.2) is 4.79 Å². The van der Waals surface area contributed by atoms with Gasteiger partial charge in [-0.05, 0) is 49.6 Å². The first-order valence-electron chi connectivity index (χ1n) is 10.2. The van der Waals surface area contributed by atoms with Gasteiger partial charge >= 0.3 is 5.97 Å². The van der Waals surface area contributed by atoms with E-state index in [2.05, 4.69) is 10.3 Å². The van der Waals surface area contributed by atoms with Gasteiger partial charge in [0.25, 0.3) is 5.91 Å². The van der Waals surface area contributed by atoms with E-state index in [1.807, 2.05) is 50.2 Å². The number of nitrogens with zero attached hydrogens (tertiary/aromatic N) is 1. The van der Waals surface area contributed by atoms with E-state index in [-0.39, 0.29) is 19.2 Å². The van der Waals surface area contributed by atoms with Gasteiger partial charge in [0.1, 0.15) is 0 Å².